The number of hydrogen-bond donors (Lipinski definition) is 2. The average Bonchev–Trinajstić information content (AvgIpc) is 2.91. The molecule has 0 radical (unpaired) electrons. The molecule has 2 N–H and O–H groups in total. The van der Waals surface area contributed by atoms with Crippen molar-refractivity contribution in [3.63, 3.8) is 0 Å². The third kappa shape index (κ3) is 3.42. The number of aromatic hydroxyl groups is 1. The molecule has 1 amide bonds. The molecule has 6 heteroatoms. The van der Waals surface area contributed by atoms with Crippen LogP contribution in [-0.4, -0.2) is 23.8 Å². The first-order valence-corrected chi connectivity index (χ1v) is 6.29. The number of amides is 1. The zero-order valence-electron chi connectivity index (χ0n) is 12.0. The summed E-state index contributed by atoms with van der Waals surface area (Å²) in [6, 6.07) is 8.11. The summed E-state index contributed by atoms with van der Waals surface area (Å²) in [5.41, 5.74) is 3.71. The molecule has 110 valence electrons. The van der Waals surface area contributed by atoms with Gasteiger partial charge in [0.2, 0.25) is 0 Å². The normalized spacial score (nSPS) is 11.3. The van der Waals surface area contributed by atoms with Gasteiger partial charge in [-0.05, 0) is 44.2 Å². The predicted molar refractivity (Wildman–Crippen MR) is 77.8 cm³/mol. The molecule has 0 unspecified atom stereocenters. The number of ether oxygens (including phenoxy) is 1. The van der Waals surface area contributed by atoms with E-state index in [0.717, 1.165) is 5.56 Å². The van der Waals surface area contributed by atoms with E-state index in [1.54, 1.807) is 38.1 Å². The van der Waals surface area contributed by atoms with E-state index in [1.807, 2.05) is 0 Å². The first kappa shape index (κ1) is 14.6. The van der Waals surface area contributed by atoms with Gasteiger partial charge >= 0.3 is 5.91 Å². The smallest absolute Gasteiger partial charge is 0.307 e. The molecule has 0 saturated heterocycles. The number of benzene rings is 1. The van der Waals surface area contributed by atoms with Gasteiger partial charge in [0.15, 0.2) is 17.3 Å². The van der Waals surface area contributed by atoms with Crippen LogP contribution in [0, 0.1) is 6.92 Å². The van der Waals surface area contributed by atoms with Crippen LogP contribution in [0.1, 0.15) is 28.8 Å². The molecule has 1 aromatic carbocycles. The number of hydrazone groups is 1. The summed E-state index contributed by atoms with van der Waals surface area (Å²) in [6.45, 7) is 3.49. The number of nitrogens with one attached hydrogen (secondary N) is 1. The minimum atomic E-state index is -0.423. The van der Waals surface area contributed by atoms with Crippen molar-refractivity contribution < 1.29 is 19.1 Å². The third-order valence-corrected chi connectivity index (χ3v) is 2.89. The summed E-state index contributed by atoms with van der Waals surface area (Å²) in [5, 5.41) is 13.5. The molecule has 0 bridgehead atoms. The van der Waals surface area contributed by atoms with Gasteiger partial charge in [-0.2, -0.15) is 5.10 Å². The average molecular weight is 288 g/mol. The number of nitrogens with zero attached hydrogens (tertiary/aromatic N) is 1. The van der Waals surface area contributed by atoms with Gasteiger partial charge in [0.1, 0.15) is 5.76 Å². The van der Waals surface area contributed by atoms with Crippen molar-refractivity contribution in [3.8, 4) is 11.5 Å². The Bertz CT molecular complexity index is 689. The Morgan fingerprint density at radius 2 is 2.10 bits per heavy atom. The lowest BCUT2D eigenvalue weighted by Crippen LogP contribution is -2.18. The number of carbonyl (C=O) groups excluding carboxylic acids is 1. The minimum Gasteiger partial charge on any atom is -0.504 e. The second-order valence-electron chi connectivity index (χ2n) is 4.44. The molecule has 21 heavy (non-hydrogen) atoms. The van der Waals surface area contributed by atoms with Gasteiger partial charge in [-0.25, -0.2) is 5.43 Å². The van der Waals surface area contributed by atoms with Crippen LogP contribution < -0.4 is 10.2 Å². The fourth-order valence-electron chi connectivity index (χ4n) is 1.71. The van der Waals surface area contributed by atoms with E-state index in [2.05, 4.69) is 10.5 Å². The summed E-state index contributed by atoms with van der Waals surface area (Å²) < 4.78 is 10.2. The van der Waals surface area contributed by atoms with Crippen molar-refractivity contribution in [2.75, 3.05) is 7.11 Å². The SMILES string of the molecule is COc1cc(C(C)=NNC(=O)c2ccc(C)o2)ccc1O. The van der Waals surface area contributed by atoms with E-state index in [9.17, 15) is 9.90 Å². The van der Waals surface area contributed by atoms with Gasteiger partial charge in [0.05, 0.1) is 12.8 Å². The second kappa shape index (κ2) is 6.13. The highest BCUT2D eigenvalue weighted by Gasteiger charge is 2.10. The maximum Gasteiger partial charge on any atom is 0.307 e. The molecular formula is C15H16N2O4. The molecule has 2 aromatic rings. The predicted octanol–water partition coefficient (Wildman–Crippen LogP) is 2.46. The first-order valence-electron chi connectivity index (χ1n) is 6.29. The Balaban J connectivity index is 2.12. The topological polar surface area (TPSA) is 84.1 Å². The van der Waals surface area contributed by atoms with Gasteiger partial charge in [0.25, 0.3) is 0 Å². The summed E-state index contributed by atoms with van der Waals surface area (Å²) in [5.74, 6) is 0.823. The standard InChI is InChI=1S/C15H16N2O4/c1-9-4-7-13(21-9)15(19)17-16-10(2)11-5-6-12(18)14(8-11)20-3/h4-8,18H,1-3H3,(H,17,19). The molecule has 6 nitrogen and oxygen atoms in total. The third-order valence-electron chi connectivity index (χ3n) is 2.89. The Morgan fingerprint density at radius 3 is 2.71 bits per heavy atom. The zero-order valence-corrected chi connectivity index (χ0v) is 12.0. The molecule has 1 aromatic heterocycles. The Labute approximate surface area is 122 Å². The molecular weight excluding hydrogens is 272 g/mol. The lowest BCUT2D eigenvalue weighted by atomic mass is 10.1. The number of hydrogen-bond acceptors (Lipinski definition) is 5. The van der Waals surface area contributed by atoms with Crippen molar-refractivity contribution in [3.05, 3.63) is 47.4 Å². The summed E-state index contributed by atoms with van der Waals surface area (Å²) in [4.78, 5) is 11.8. The van der Waals surface area contributed by atoms with Crippen LogP contribution in [0.2, 0.25) is 0 Å². The Kier molecular flexibility index (Phi) is 4.27. The number of phenols is 1. The molecule has 0 aliphatic heterocycles. The molecule has 2 rings (SSSR count). The van der Waals surface area contributed by atoms with Crippen LogP contribution in [0.3, 0.4) is 0 Å². The molecule has 0 saturated carbocycles. The maximum atomic E-state index is 11.8. The molecule has 0 atom stereocenters. The Hall–Kier alpha value is -2.76. The Morgan fingerprint density at radius 1 is 1.33 bits per heavy atom. The van der Waals surface area contributed by atoms with E-state index < -0.39 is 5.91 Å². The van der Waals surface area contributed by atoms with Gasteiger partial charge in [0, 0.05) is 5.56 Å². The summed E-state index contributed by atoms with van der Waals surface area (Å²) >= 11 is 0. The first-order chi connectivity index (χ1) is 10.0. The zero-order chi connectivity index (χ0) is 15.4. The number of methoxy groups -OCH3 is 1. The highest BCUT2D eigenvalue weighted by molar-refractivity contribution is 6.00. The van der Waals surface area contributed by atoms with E-state index in [0.29, 0.717) is 17.2 Å². The second-order valence-corrected chi connectivity index (χ2v) is 4.44. The monoisotopic (exact) mass is 288 g/mol. The van der Waals surface area contributed by atoms with Crippen molar-refractivity contribution in [2.45, 2.75) is 13.8 Å². The van der Waals surface area contributed by atoms with Crippen LogP contribution in [-0.2, 0) is 0 Å². The molecule has 0 aliphatic carbocycles. The summed E-state index contributed by atoms with van der Waals surface area (Å²) in [6.07, 6.45) is 0. The van der Waals surface area contributed by atoms with Crippen molar-refractivity contribution in [2.24, 2.45) is 5.10 Å². The van der Waals surface area contributed by atoms with Crippen molar-refractivity contribution >= 4 is 11.6 Å². The highest BCUT2D eigenvalue weighted by Crippen LogP contribution is 2.26. The molecule has 0 fully saturated rings. The van der Waals surface area contributed by atoms with Crippen LogP contribution in [0.25, 0.3) is 0 Å². The van der Waals surface area contributed by atoms with Crippen LogP contribution in [0.15, 0.2) is 39.9 Å². The number of carbonyl (C=O) groups is 1. The fourth-order valence-corrected chi connectivity index (χ4v) is 1.71. The van der Waals surface area contributed by atoms with Gasteiger partial charge in [-0.3, -0.25) is 4.79 Å². The van der Waals surface area contributed by atoms with E-state index >= 15 is 0 Å². The van der Waals surface area contributed by atoms with Crippen molar-refractivity contribution in [1.82, 2.24) is 5.43 Å². The lowest BCUT2D eigenvalue weighted by molar-refractivity contribution is 0.0926. The van der Waals surface area contributed by atoms with Crippen molar-refractivity contribution in [1.29, 1.82) is 0 Å². The highest BCUT2D eigenvalue weighted by atomic mass is 16.5. The number of furan rings is 1. The van der Waals surface area contributed by atoms with Gasteiger partial charge in [-0.1, -0.05) is 0 Å². The van der Waals surface area contributed by atoms with Gasteiger partial charge in [-0.15, -0.1) is 0 Å². The number of aryl methyl sites for hydroxylation is 1. The van der Waals surface area contributed by atoms with Crippen LogP contribution >= 0.6 is 0 Å². The maximum absolute atomic E-state index is 11.8. The van der Waals surface area contributed by atoms with Crippen LogP contribution in [0.4, 0.5) is 0 Å². The van der Waals surface area contributed by atoms with E-state index in [1.165, 1.54) is 13.2 Å². The fraction of sp³-hybridized carbons (Fsp3) is 0.200. The molecule has 0 aliphatic rings. The van der Waals surface area contributed by atoms with E-state index in [-0.39, 0.29) is 11.5 Å². The quantitative estimate of drug-likeness (QED) is 0.668. The minimum absolute atomic E-state index is 0.0455. The molecule has 1 heterocycles. The number of rotatable bonds is 4. The lowest BCUT2D eigenvalue weighted by Gasteiger charge is -2.06. The van der Waals surface area contributed by atoms with Crippen LogP contribution in [0.5, 0.6) is 11.5 Å². The summed E-state index contributed by atoms with van der Waals surface area (Å²) in [7, 11) is 1.46. The largest absolute Gasteiger partial charge is 0.504 e. The molecule has 0 spiro atoms. The number of phenolic OH excluding ortho intramolecular Hbond substituents is 1. The van der Waals surface area contributed by atoms with E-state index in [4.69, 9.17) is 9.15 Å². The van der Waals surface area contributed by atoms with Gasteiger partial charge < -0.3 is 14.3 Å².